The van der Waals surface area contributed by atoms with E-state index in [2.05, 4.69) is 10.1 Å². The predicted molar refractivity (Wildman–Crippen MR) is 60.8 cm³/mol. The Morgan fingerprint density at radius 1 is 1.37 bits per heavy atom. The first-order valence-corrected chi connectivity index (χ1v) is 5.18. The van der Waals surface area contributed by atoms with Crippen molar-refractivity contribution >= 4 is 11.6 Å². The molecule has 2 aromatic rings. The number of nitrogen functional groups attached to an aromatic ring is 1. The van der Waals surface area contributed by atoms with Crippen LogP contribution in [0.15, 0.2) is 24.5 Å². The van der Waals surface area contributed by atoms with E-state index in [1.54, 1.807) is 0 Å². The van der Waals surface area contributed by atoms with Gasteiger partial charge < -0.3 is 5.73 Å². The van der Waals surface area contributed by atoms with Crippen molar-refractivity contribution in [2.24, 2.45) is 0 Å². The number of nitrogens with two attached hydrogens (primary N) is 1. The molecule has 0 radical (unpaired) electrons. The molecule has 100 valence electrons. The molecule has 0 aliphatic heterocycles. The first kappa shape index (κ1) is 13.1. The summed E-state index contributed by atoms with van der Waals surface area (Å²) in [6, 6.07) is 2.03. The number of ketones is 1. The predicted octanol–water partition coefficient (Wildman–Crippen LogP) is 2.07. The van der Waals surface area contributed by atoms with Crippen LogP contribution >= 0.6 is 0 Å². The van der Waals surface area contributed by atoms with Crippen LogP contribution in [-0.2, 0) is 6.18 Å². The molecule has 0 aliphatic rings. The monoisotopic (exact) mass is 270 g/mol. The van der Waals surface area contributed by atoms with Gasteiger partial charge in [0, 0.05) is 12.4 Å². The third-order valence-corrected chi connectivity index (χ3v) is 2.43. The molecular weight excluding hydrogens is 261 g/mol. The van der Waals surface area contributed by atoms with Crippen molar-refractivity contribution < 1.29 is 18.0 Å². The number of anilines is 1. The minimum Gasteiger partial charge on any atom is -0.382 e. The molecule has 2 N–H and O–H groups in total. The molecular formula is C11H9F3N4O. The summed E-state index contributed by atoms with van der Waals surface area (Å²) in [5, 5.41) is 3.82. The van der Waals surface area contributed by atoms with Crippen LogP contribution in [0.5, 0.6) is 0 Å². The number of hydrogen-bond donors (Lipinski definition) is 1. The van der Waals surface area contributed by atoms with Crippen LogP contribution in [0, 0.1) is 0 Å². The lowest BCUT2D eigenvalue weighted by Crippen LogP contribution is -2.07. The molecule has 8 heteroatoms. The van der Waals surface area contributed by atoms with Gasteiger partial charge in [-0.05, 0) is 19.1 Å². The molecule has 2 heterocycles. The number of alkyl halides is 3. The Morgan fingerprint density at radius 3 is 2.47 bits per heavy atom. The zero-order chi connectivity index (χ0) is 14.2. The molecule has 0 atom stereocenters. The topological polar surface area (TPSA) is 73.8 Å². The molecule has 5 nitrogen and oxygen atoms in total. The SMILES string of the molecule is CC(=O)c1cn(-c2ccc(C(F)(F)F)cn2)nc1N. The Hall–Kier alpha value is -2.38. The number of pyridine rings is 1. The third-order valence-electron chi connectivity index (χ3n) is 2.43. The van der Waals surface area contributed by atoms with Crippen molar-refractivity contribution in [1.82, 2.24) is 14.8 Å². The Labute approximate surface area is 105 Å². The quantitative estimate of drug-likeness (QED) is 0.848. The highest BCUT2D eigenvalue weighted by molar-refractivity contribution is 5.98. The van der Waals surface area contributed by atoms with Gasteiger partial charge in [-0.25, -0.2) is 9.67 Å². The van der Waals surface area contributed by atoms with Gasteiger partial charge in [-0.15, -0.1) is 5.10 Å². The Bertz CT molecular complexity index is 616. The van der Waals surface area contributed by atoms with Gasteiger partial charge in [0.2, 0.25) is 0 Å². The van der Waals surface area contributed by atoms with Crippen LogP contribution < -0.4 is 5.73 Å². The van der Waals surface area contributed by atoms with Crippen LogP contribution in [0.25, 0.3) is 5.82 Å². The molecule has 0 aromatic carbocycles. The number of hydrogen-bond acceptors (Lipinski definition) is 4. The smallest absolute Gasteiger partial charge is 0.382 e. The summed E-state index contributed by atoms with van der Waals surface area (Å²) in [5.41, 5.74) is 4.86. The van der Waals surface area contributed by atoms with Crippen LogP contribution in [0.2, 0.25) is 0 Å². The molecule has 0 bridgehead atoms. The van der Waals surface area contributed by atoms with E-state index < -0.39 is 11.7 Å². The molecule has 0 aliphatic carbocycles. The van der Waals surface area contributed by atoms with E-state index in [9.17, 15) is 18.0 Å². The van der Waals surface area contributed by atoms with Crippen molar-refractivity contribution in [3.63, 3.8) is 0 Å². The molecule has 0 saturated carbocycles. The highest BCUT2D eigenvalue weighted by atomic mass is 19.4. The largest absolute Gasteiger partial charge is 0.417 e. The molecule has 0 unspecified atom stereocenters. The average molecular weight is 270 g/mol. The fourth-order valence-electron chi connectivity index (χ4n) is 1.47. The number of carbonyl (C=O) groups is 1. The molecule has 2 rings (SSSR count). The van der Waals surface area contributed by atoms with Gasteiger partial charge >= 0.3 is 6.18 Å². The average Bonchev–Trinajstić information content (AvgIpc) is 2.70. The van der Waals surface area contributed by atoms with E-state index in [1.165, 1.54) is 13.1 Å². The van der Waals surface area contributed by atoms with Gasteiger partial charge in [0.1, 0.15) is 0 Å². The summed E-state index contributed by atoms with van der Waals surface area (Å²) in [6.45, 7) is 1.32. The molecule has 19 heavy (non-hydrogen) atoms. The fourth-order valence-corrected chi connectivity index (χ4v) is 1.47. The number of halogens is 3. The zero-order valence-electron chi connectivity index (χ0n) is 9.77. The zero-order valence-corrected chi connectivity index (χ0v) is 9.77. The maximum Gasteiger partial charge on any atom is 0.417 e. The second-order valence-corrected chi connectivity index (χ2v) is 3.83. The summed E-state index contributed by atoms with van der Waals surface area (Å²) in [4.78, 5) is 14.8. The Balaban J connectivity index is 2.38. The van der Waals surface area contributed by atoms with Gasteiger partial charge in [-0.3, -0.25) is 4.79 Å². The van der Waals surface area contributed by atoms with Crippen molar-refractivity contribution in [3.05, 3.63) is 35.7 Å². The number of carbonyl (C=O) groups excluding carboxylic acids is 1. The van der Waals surface area contributed by atoms with Gasteiger partial charge in [0.15, 0.2) is 17.4 Å². The van der Waals surface area contributed by atoms with Gasteiger partial charge in [-0.2, -0.15) is 13.2 Å². The number of aromatic nitrogens is 3. The first-order chi connectivity index (χ1) is 8.79. The molecule has 0 fully saturated rings. The summed E-state index contributed by atoms with van der Waals surface area (Å²) in [6.07, 6.45) is -2.42. The number of nitrogens with zero attached hydrogens (tertiary/aromatic N) is 3. The Kier molecular flexibility index (Phi) is 3.01. The molecule has 0 amide bonds. The van der Waals surface area contributed by atoms with Crippen molar-refractivity contribution in [2.75, 3.05) is 5.73 Å². The van der Waals surface area contributed by atoms with Gasteiger partial charge in [0.25, 0.3) is 0 Å². The minimum absolute atomic E-state index is 0.00852. The summed E-state index contributed by atoms with van der Waals surface area (Å²) < 4.78 is 38.3. The van der Waals surface area contributed by atoms with Crippen LogP contribution in [-0.4, -0.2) is 20.5 Å². The summed E-state index contributed by atoms with van der Waals surface area (Å²) in [5.74, 6) is -0.128. The maximum absolute atomic E-state index is 12.4. The molecule has 2 aromatic heterocycles. The standard InChI is InChI=1S/C11H9F3N4O/c1-6(19)8-5-18(17-10(8)15)9-3-2-7(4-16-9)11(12,13)14/h2-5H,1H3,(H2,15,17). The minimum atomic E-state index is -4.45. The second kappa shape index (κ2) is 4.38. The van der Waals surface area contributed by atoms with Crippen molar-refractivity contribution in [3.8, 4) is 5.82 Å². The van der Waals surface area contributed by atoms with Crippen molar-refractivity contribution in [1.29, 1.82) is 0 Å². The van der Waals surface area contributed by atoms with Crippen molar-refractivity contribution in [2.45, 2.75) is 13.1 Å². The van der Waals surface area contributed by atoms with E-state index in [0.717, 1.165) is 16.8 Å². The van der Waals surface area contributed by atoms with E-state index >= 15 is 0 Å². The third kappa shape index (κ3) is 2.56. The van der Waals surface area contributed by atoms with Gasteiger partial charge in [-0.1, -0.05) is 0 Å². The van der Waals surface area contributed by atoms with E-state index in [4.69, 9.17) is 5.73 Å². The fraction of sp³-hybridized carbons (Fsp3) is 0.182. The van der Waals surface area contributed by atoms with E-state index in [1.807, 2.05) is 0 Å². The number of rotatable bonds is 2. The Morgan fingerprint density at radius 2 is 2.05 bits per heavy atom. The first-order valence-electron chi connectivity index (χ1n) is 5.18. The van der Waals surface area contributed by atoms with Crippen LogP contribution in [0.1, 0.15) is 22.8 Å². The highest BCUT2D eigenvalue weighted by Gasteiger charge is 2.30. The lowest BCUT2D eigenvalue weighted by Gasteiger charge is -2.06. The lowest BCUT2D eigenvalue weighted by atomic mass is 10.2. The van der Waals surface area contributed by atoms with E-state index in [-0.39, 0.29) is 23.0 Å². The summed E-state index contributed by atoms with van der Waals surface area (Å²) in [7, 11) is 0. The molecule has 0 spiro atoms. The maximum atomic E-state index is 12.4. The highest BCUT2D eigenvalue weighted by Crippen LogP contribution is 2.28. The summed E-state index contributed by atoms with van der Waals surface area (Å²) >= 11 is 0. The van der Waals surface area contributed by atoms with Crippen LogP contribution in [0.3, 0.4) is 0 Å². The lowest BCUT2D eigenvalue weighted by molar-refractivity contribution is -0.137. The van der Waals surface area contributed by atoms with Gasteiger partial charge in [0.05, 0.1) is 11.1 Å². The van der Waals surface area contributed by atoms with E-state index in [0.29, 0.717) is 6.20 Å². The second-order valence-electron chi connectivity index (χ2n) is 3.83. The normalized spacial score (nSPS) is 11.6. The van der Waals surface area contributed by atoms with Crippen LogP contribution in [0.4, 0.5) is 19.0 Å². The molecule has 0 saturated heterocycles. The number of Topliss-reactive ketones (excluding diaryl/α,β-unsaturated/α-hetero) is 1.